The van der Waals surface area contributed by atoms with Crippen molar-refractivity contribution in [2.45, 2.75) is 32.2 Å². The normalized spacial score (nSPS) is 23.5. The monoisotopic (exact) mass is 292 g/mol. The Morgan fingerprint density at radius 3 is 2.63 bits per heavy atom. The highest BCUT2D eigenvalue weighted by atomic mass is 32.2. The van der Waals surface area contributed by atoms with Gasteiger partial charge in [0.25, 0.3) is 0 Å². The van der Waals surface area contributed by atoms with Gasteiger partial charge in [0.2, 0.25) is 0 Å². The van der Waals surface area contributed by atoms with E-state index in [4.69, 9.17) is 0 Å². The molecule has 1 aliphatic heterocycles. The quantitative estimate of drug-likeness (QED) is 0.714. The van der Waals surface area contributed by atoms with Gasteiger partial charge in [0.1, 0.15) is 5.54 Å². The fraction of sp³-hybridized carbons (Fsp3) is 0.917. The summed E-state index contributed by atoms with van der Waals surface area (Å²) in [6.07, 6.45) is 1.10. The number of hydrogen-bond acceptors (Lipinski definition) is 5. The molecule has 1 heterocycles. The molecule has 0 radical (unpaired) electrons. The van der Waals surface area contributed by atoms with Crippen LogP contribution in [0.4, 0.5) is 0 Å². The molecule has 0 aromatic carbocycles. The zero-order chi connectivity index (χ0) is 14.5. The molecule has 6 nitrogen and oxygen atoms in total. The fourth-order valence-corrected chi connectivity index (χ4v) is 3.57. The third-order valence-corrected chi connectivity index (χ3v) is 5.33. The first kappa shape index (κ1) is 16.4. The molecule has 0 spiro atoms. The van der Waals surface area contributed by atoms with Gasteiger partial charge in [-0.05, 0) is 32.9 Å². The van der Waals surface area contributed by atoms with Crippen molar-refractivity contribution in [3.8, 4) is 0 Å². The second kappa shape index (κ2) is 6.67. The van der Waals surface area contributed by atoms with E-state index >= 15 is 0 Å². The SMILES string of the molecule is CCNC(C)(CCN1CCCS(=O)(=O)CC1)C(=O)O. The Morgan fingerprint density at radius 1 is 1.37 bits per heavy atom. The van der Waals surface area contributed by atoms with Crippen molar-refractivity contribution < 1.29 is 18.3 Å². The zero-order valence-electron chi connectivity index (χ0n) is 11.7. The number of hydrogen-bond donors (Lipinski definition) is 2. The van der Waals surface area contributed by atoms with Crippen LogP contribution in [0.15, 0.2) is 0 Å². The molecule has 0 bridgehead atoms. The number of likely N-dealkylation sites (N-methyl/N-ethyl adjacent to an activating group) is 1. The second-order valence-electron chi connectivity index (χ2n) is 5.26. The molecule has 0 aliphatic carbocycles. The van der Waals surface area contributed by atoms with Crippen LogP contribution >= 0.6 is 0 Å². The number of nitrogens with one attached hydrogen (secondary N) is 1. The Morgan fingerprint density at radius 2 is 2.05 bits per heavy atom. The molecule has 7 heteroatoms. The van der Waals surface area contributed by atoms with Gasteiger partial charge < -0.3 is 15.3 Å². The number of rotatable bonds is 6. The fourth-order valence-electron chi connectivity index (χ4n) is 2.26. The van der Waals surface area contributed by atoms with Gasteiger partial charge in [0, 0.05) is 13.1 Å². The van der Waals surface area contributed by atoms with E-state index in [1.165, 1.54) is 0 Å². The summed E-state index contributed by atoms with van der Waals surface area (Å²) in [6, 6.07) is 0. The molecule has 2 N–H and O–H groups in total. The molecule has 1 atom stereocenters. The number of carbonyl (C=O) groups is 1. The molecular weight excluding hydrogens is 268 g/mol. The lowest BCUT2D eigenvalue weighted by atomic mass is 9.97. The van der Waals surface area contributed by atoms with Crippen molar-refractivity contribution in [3.05, 3.63) is 0 Å². The number of carboxylic acid groups (broad SMARTS) is 1. The van der Waals surface area contributed by atoms with E-state index in [1.807, 2.05) is 11.8 Å². The number of aliphatic carboxylic acids is 1. The summed E-state index contributed by atoms with van der Waals surface area (Å²) in [4.78, 5) is 13.3. The van der Waals surface area contributed by atoms with Crippen molar-refractivity contribution in [2.24, 2.45) is 0 Å². The highest BCUT2D eigenvalue weighted by Crippen LogP contribution is 2.13. The summed E-state index contributed by atoms with van der Waals surface area (Å²) in [5, 5.41) is 12.2. The van der Waals surface area contributed by atoms with Crippen LogP contribution in [-0.4, -0.2) is 67.6 Å². The lowest BCUT2D eigenvalue weighted by Gasteiger charge is -2.29. The van der Waals surface area contributed by atoms with Crippen LogP contribution < -0.4 is 5.32 Å². The molecule has 1 saturated heterocycles. The van der Waals surface area contributed by atoms with Gasteiger partial charge in [0.15, 0.2) is 9.84 Å². The maximum atomic E-state index is 11.5. The first-order valence-electron chi connectivity index (χ1n) is 6.70. The number of carboxylic acids is 1. The summed E-state index contributed by atoms with van der Waals surface area (Å²) in [7, 11) is -2.91. The van der Waals surface area contributed by atoms with Gasteiger partial charge in [-0.2, -0.15) is 0 Å². The molecule has 1 aliphatic rings. The van der Waals surface area contributed by atoms with Crippen molar-refractivity contribution in [1.29, 1.82) is 0 Å². The van der Waals surface area contributed by atoms with Gasteiger partial charge in [-0.25, -0.2) is 8.42 Å². The zero-order valence-corrected chi connectivity index (χ0v) is 12.5. The minimum atomic E-state index is -2.91. The van der Waals surface area contributed by atoms with Crippen molar-refractivity contribution >= 4 is 15.8 Å². The molecule has 1 fully saturated rings. The average molecular weight is 292 g/mol. The molecule has 0 aromatic heterocycles. The van der Waals surface area contributed by atoms with Crippen LogP contribution in [0, 0.1) is 0 Å². The third kappa shape index (κ3) is 5.08. The predicted octanol–water partition coefficient (Wildman–Crippen LogP) is -0.0502. The van der Waals surface area contributed by atoms with Gasteiger partial charge in [-0.3, -0.25) is 4.79 Å². The van der Waals surface area contributed by atoms with E-state index in [9.17, 15) is 18.3 Å². The molecule has 1 unspecified atom stereocenters. The van der Waals surface area contributed by atoms with Gasteiger partial charge in [-0.15, -0.1) is 0 Å². The Bertz CT molecular complexity index is 410. The molecule has 19 heavy (non-hydrogen) atoms. The van der Waals surface area contributed by atoms with Gasteiger partial charge >= 0.3 is 5.97 Å². The summed E-state index contributed by atoms with van der Waals surface area (Å²) < 4.78 is 23.0. The van der Waals surface area contributed by atoms with Crippen molar-refractivity contribution in [2.75, 3.05) is 37.7 Å². The third-order valence-electron chi connectivity index (χ3n) is 3.62. The summed E-state index contributed by atoms with van der Waals surface area (Å²) >= 11 is 0. The van der Waals surface area contributed by atoms with Crippen LogP contribution in [0.2, 0.25) is 0 Å². The first-order chi connectivity index (χ1) is 8.79. The van der Waals surface area contributed by atoms with Crippen LogP contribution in [0.1, 0.15) is 26.7 Å². The van der Waals surface area contributed by atoms with Crippen molar-refractivity contribution in [1.82, 2.24) is 10.2 Å². The highest BCUT2D eigenvalue weighted by molar-refractivity contribution is 7.91. The van der Waals surface area contributed by atoms with E-state index in [0.717, 1.165) is 6.54 Å². The van der Waals surface area contributed by atoms with E-state index in [1.54, 1.807) is 6.92 Å². The Kier molecular flexibility index (Phi) is 5.76. The standard InChI is InChI=1S/C12H24N2O4S/c1-3-13-12(2,11(15)16)5-7-14-6-4-9-19(17,18)10-8-14/h13H,3-10H2,1-2H3,(H,15,16). The summed E-state index contributed by atoms with van der Waals surface area (Å²) in [5.41, 5.74) is -0.945. The lowest BCUT2D eigenvalue weighted by molar-refractivity contribution is -0.144. The highest BCUT2D eigenvalue weighted by Gasteiger charge is 2.32. The van der Waals surface area contributed by atoms with Crippen LogP contribution in [0.25, 0.3) is 0 Å². The number of sulfone groups is 1. The largest absolute Gasteiger partial charge is 0.480 e. The maximum Gasteiger partial charge on any atom is 0.323 e. The Hall–Kier alpha value is -0.660. The Balaban J connectivity index is 2.53. The van der Waals surface area contributed by atoms with Crippen LogP contribution in [0.3, 0.4) is 0 Å². The topological polar surface area (TPSA) is 86.7 Å². The van der Waals surface area contributed by atoms with Crippen LogP contribution in [-0.2, 0) is 14.6 Å². The van der Waals surface area contributed by atoms with E-state index in [2.05, 4.69) is 5.32 Å². The van der Waals surface area contributed by atoms with Crippen molar-refractivity contribution in [3.63, 3.8) is 0 Å². The molecular formula is C12H24N2O4S. The maximum absolute atomic E-state index is 11.5. The summed E-state index contributed by atoms with van der Waals surface area (Å²) in [6.45, 7) is 5.97. The molecule has 0 amide bonds. The molecule has 0 aromatic rings. The minimum absolute atomic E-state index is 0.179. The summed E-state index contributed by atoms with van der Waals surface area (Å²) in [5.74, 6) is -0.443. The molecule has 0 saturated carbocycles. The average Bonchev–Trinajstić information content (AvgIpc) is 2.48. The van der Waals surface area contributed by atoms with Crippen LogP contribution in [0.5, 0.6) is 0 Å². The minimum Gasteiger partial charge on any atom is -0.480 e. The van der Waals surface area contributed by atoms with E-state index in [0.29, 0.717) is 32.5 Å². The van der Waals surface area contributed by atoms with Gasteiger partial charge in [0.05, 0.1) is 11.5 Å². The first-order valence-corrected chi connectivity index (χ1v) is 8.52. The lowest BCUT2D eigenvalue weighted by Crippen LogP contribution is -2.51. The molecule has 1 rings (SSSR count). The molecule has 112 valence electrons. The predicted molar refractivity (Wildman–Crippen MR) is 74.0 cm³/mol. The smallest absolute Gasteiger partial charge is 0.323 e. The van der Waals surface area contributed by atoms with Gasteiger partial charge in [-0.1, -0.05) is 6.92 Å². The van der Waals surface area contributed by atoms with E-state index in [-0.39, 0.29) is 11.5 Å². The number of nitrogens with zero attached hydrogens (tertiary/aromatic N) is 1. The second-order valence-corrected chi connectivity index (χ2v) is 7.57. The Labute approximate surface area is 115 Å². The van der Waals surface area contributed by atoms with E-state index < -0.39 is 21.3 Å².